The van der Waals surface area contributed by atoms with Crippen molar-refractivity contribution in [2.45, 2.75) is 18.6 Å². The predicted molar refractivity (Wildman–Crippen MR) is 116 cm³/mol. The fourth-order valence-corrected chi connectivity index (χ4v) is 3.79. The highest BCUT2D eigenvalue weighted by molar-refractivity contribution is 5.80. The first-order valence-corrected chi connectivity index (χ1v) is 10.2. The summed E-state index contributed by atoms with van der Waals surface area (Å²) in [6.07, 6.45) is -0.858. The normalized spacial score (nSPS) is 12.8. The second-order valence-corrected chi connectivity index (χ2v) is 7.65. The van der Waals surface area contributed by atoms with Gasteiger partial charge in [-0.2, -0.15) is 13.2 Å². The summed E-state index contributed by atoms with van der Waals surface area (Å²) >= 11 is 0. The number of hydrogen-bond donors (Lipinski definition) is 2. The van der Waals surface area contributed by atoms with Gasteiger partial charge in [0.2, 0.25) is 11.7 Å². The van der Waals surface area contributed by atoms with E-state index in [0.717, 1.165) is 11.2 Å². The molecule has 166 valence electrons. The first-order valence-electron chi connectivity index (χ1n) is 10.2. The van der Waals surface area contributed by atoms with Crippen molar-refractivity contribution in [1.29, 1.82) is 0 Å². The molecule has 6 nitrogen and oxygen atoms in total. The molecule has 3 heterocycles. The molecule has 0 aliphatic rings. The van der Waals surface area contributed by atoms with Gasteiger partial charge in [-0.05, 0) is 35.4 Å². The zero-order chi connectivity index (χ0) is 23.0. The number of aromatic amines is 1. The van der Waals surface area contributed by atoms with Crippen LogP contribution in [0.4, 0.5) is 13.2 Å². The second kappa shape index (κ2) is 8.09. The van der Waals surface area contributed by atoms with Gasteiger partial charge in [-0.25, -0.2) is 9.97 Å². The van der Waals surface area contributed by atoms with Crippen LogP contribution in [0.2, 0.25) is 0 Å². The van der Waals surface area contributed by atoms with Crippen LogP contribution in [0.1, 0.15) is 28.7 Å². The molecule has 0 aliphatic heterocycles. The zero-order valence-electron chi connectivity index (χ0n) is 17.2. The number of benzene rings is 2. The number of H-pyrrole nitrogens is 1. The molecule has 1 atom stereocenters. The number of rotatable bonds is 5. The predicted octanol–water partition coefficient (Wildman–Crippen LogP) is 4.68. The molecule has 0 unspecified atom stereocenters. The Balaban J connectivity index is 1.45. The number of imidazole rings is 2. The Hall–Kier alpha value is -4.14. The summed E-state index contributed by atoms with van der Waals surface area (Å²) < 4.78 is 41.0. The fraction of sp³-hybridized carbons (Fsp3) is 0.125. The molecule has 1 amide bonds. The van der Waals surface area contributed by atoms with Crippen molar-refractivity contribution in [3.05, 3.63) is 102 Å². The number of hydrogen-bond acceptors (Lipinski definition) is 3. The Kier molecular flexibility index (Phi) is 5.08. The van der Waals surface area contributed by atoms with Crippen LogP contribution < -0.4 is 5.32 Å². The van der Waals surface area contributed by atoms with Crippen molar-refractivity contribution < 1.29 is 18.0 Å². The molecule has 5 aromatic rings. The topological polar surface area (TPSA) is 75.1 Å². The quantitative estimate of drug-likeness (QED) is 0.409. The van der Waals surface area contributed by atoms with E-state index in [1.165, 1.54) is 6.07 Å². The molecule has 0 spiro atoms. The van der Waals surface area contributed by atoms with E-state index in [1.807, 2.05) is 59.1 Å². The lowest BCUT2D eigenvalue weighted by molar-refractivity contribution is -0.144. The molecule has 0 fully saturated rings. The molecule has 0 saturated carbocycles. The number of fused-ring (bicyclic) bond motifs is 2. The van der Waals surface area contributed by atoms with Crippen LogP contribution in [0.15, 0.2) is 79.1 Å². The average Bonchev–Trinajstić information content (AvgIpc) is 3.41. The molecule has 2 N–H and O–H groups in total. The molecular weight excluding hydrogens is 431 g/mol. The van der Waals surface area contributed by atoms with Gasteiger partial charge < -0.3 is 14.7 Å². The van der Waals surface area contributed by atoms with Gasteiger partial charge in [0, 0.05) is 12.4 Å². The highest BCUT2D eigenvalue weighted by Crippen LogP contribution is 2.30. The van der Waals surface area contributed by atoms with Crippen molar-refractivity contribution in [2.24, 2.45) is 0 Å². The zero-order valence-corrected chi connectivity index (χ0v) is 17.2. The van der Waals surface area contributed by atoms with Gasteiger partial charge in [0.05, 0.1) is 29.2 Å². The molecule has 0 saturated heterocycles. The summed E-state index contributed by atoms with van der Waals surface area (Å²) in [5, 5.41) is 3.00. The lowest BCUT2D eigenvalue weighted by Crippen LogP contribution is -2.30. The molecule has 0 bridgehead atoms. The molecule has 0 aliphatic carbocycles. The smallest absolute Gasteiger partial charge is 0.345 e. The number of nitrogens with one attached hydrogen (secondary N) is 2. The Morgan fingerprint density at radius 1 is 1.00 bits per heavy atom. The maximum atomic E-state index is 13.0. The molecule has 0 radical (unpaired) electrons. The molecule has 2 aromatic carbocycles. The maximum Gasteiger partial charge on any atom is 0.449 e. The summed E-state index contributed by atoms with van der Waals surface area (Å²) in [5.41, 5.74) is 3.24. The van der Waals surface area contributed by atoms with Crippen LogP contribution >= 0.6 is 0 Å². The van der Waals surface area contributed by atoms with E-state index in [1.54, 1.807) is 18.3 Å². The minimum Gasteiger partial charge on any atom is -0.345 e. The van der Waals surface area contributed by atoms with E-state index >= 15 is 0 Å². The number of carbonyl (C=O) groups excluding carboxylic acids is 1. The Bertz CT molecular complexity index is 1410. The van der Waals surface area contributed by atoms with E-state index in [-0.39, 0.29) is 23.4 Å². The fourth-order valence-electron chi connectivity index (χ4n) is 3.79. The van der Waals surface area contributed by atoms with Crippen LogP contribution in [-0.2, 0) is 17.4 Å². The molecule has 5 rings (SSSR count). The van der Waals surface area contributed by atoms with E-state index < -0.39 is 18.0 Å². The number of halogens is 3. The van der Waals surface area contributed by atoms with Crippen molar-refractivity contribution in [3.63, 3.8) is 0 Å². The van der Waals surface area contributed by atoms with Crippen LogP contribution in [0, 0.1) is 0 Å². The summed E-state index contributed by atoms with van der Waals surface area (Å²) in [4.78, 5) is 23.3. The van der Waals surface area contributed by atoms with Gasteiger partial charge in [-0.1, -0.05) is 42.5 Å². The van der Waals surface area contributed by atoms with Crippen molar-refractivity contribution >= 4 is 22.6 Å². The van der Waals surface area contributed by atoms with Gasteiger partial charge in [-0.15, -0.1) is 0 Å². The Morgan fingerprint density at radius 2 is 1.79 bits per heavy atom. The molecule has 33 heavy (non-hydrogen) atoms. The SMILES string of the molecule is O=C(Cc1cn2ccccc2n1)N[C@@H](c1ccccc1)c1ccc2nc(C(F)(F)F)[nH]c2c1. The van der Waals surface area contributed by atoms with Gasteiger partial charge >= 0.3 is 6.18 Å². The molecule has 9 heteroatoms. The van der Waals surface area contributed by atoms with Gasteiger partial charge in [0.25, 0.3) is 0 Å². The number of pyridine rings is 1. The van der Waals surface area contributed by atoms with Crippen LogP contribution in [-0.4, -0.2) is 25.3 Å². The average molecular weight is 449 g/mol. The lowest BCUT2D eigenvalue weighted by atomic mass is 9.98. The number of carbonyl (C=O) groups is 1. The van der Waals surface area contributed by atoms with Gasteiger partial charge in [-0.3, -0.25) is 4.79 Å². The van der Waals surface area contributed by atoms with Gasteiger partial charge in [0.1, 0.15) is 5.65 Å². The van der Waals surface area contributed by atoms with Crippen LogP contribution in [0.3, 0.4) is 0 Å². The first kappa shape index (κ1) is 20.7. The summed E-state index contributed by atoms with van der Waals surface area (Å²) in [7, 11) is 0. The van der Waals surface area contributed by atoms with Gasteiger partial charge in [0.15, 0.2) is 0 Å². The second-order valence-electron chi connectivity index (χ2n) is 7.65. The number of nitrogens with zero attached hydrogens (tertiary/aromatic N) is 3. The molecular formula is C24H18F3N5O. The largest absolute Gasteiger partial charge is 0.449 e. The minimum absolute atomic E-state index is 0.0650. The summed E-state index contributed by atoms with van der Waals surface area (Å²) in [6, 6.07) is 19.1. The Labute approximate surface area is 186 Å². The monoisotopic (exact) mass is 449 g/mol. The number of amides is 1. The highest BCUT2D eigenvalue weighted by Gasteiger charge is 2.34. The lowest BCUT2D eigenvalue weighted by Gasteiger charge is -2.20. The van der Waals surface area contributed by atoms with E-state index in [4.69, 9.17) is 0 Å². The van der Waals surface area contributed by atoms with Crippen molar-refractivity contribution in [1.82, 2.24) is 24.7 Å². The third-order valence-electron chi connectivity index (χ3n) is 5.30. The molecule has 3 aromatic heterocycles. The maximum absolute atomic E-state index is 13.0. The van der Waals surface area contributed by atoms with E-state index in [0.29, 0.717) is 11.3 Å². The van der Waals surface area contributed by atoms with Crippen molar-refractivity contribution in [2.75, 3.05) is 0 Å². The van der Waals surface area contributed by atoms with Crippen molar-refractivity contribution in [3.8, 4) is 0 Å². The van der Waals surface area contributed by atoms with Crippen LogP contribution in [0.25, 0.3) is 16.7 Å². The van der Waals surface area contributed by atoms with E-state index in [9.17, 15) is 18.0 Å². The summed E-state index contributed by atoms with van der Waals surface area (Å²) in [6.45, 7) is 0. The third kappa shape index (κ3) is 4.30. The third-order valence-corrected chi connectivity index (χ3v) is 5.30. The minimum atomic E-state index is -4.57. The Morgan fingerprint density at radius 3 is 2.55 bits per heavy atom. The highest BCUT2D eigenvalue weighted by atomic mass is 19.4. The number of alkyl halides is 3. The summed E-state index contributed by atoms with van der Waals surface area (Å²) in [5.74, 6) is -1.31. The number of aromatic nitrogens is 4. The first-order chi connectivity index (χ1) is 15.9. The van der Waals surface area contributed by atoms with Crippen LogP contribution in [0.5, 0.6) is 0 Å². The standard InChI is InChI=1S/C24H18F3N5O/c25-24(26,27)23-29-18-10-9-16(12-19(18)30-23)22(15-6-2-1-3-7-15)31-21(33)13-17-14-32-11-5-4-8-20(32)28-17/h1-12,14,22H,13H2,(H,29,30)(H,31,33)/t22-/m0/s1. The van der Waals surface area contributed by atoms with E-state index in [2.05, 4.69) is 20.3 Å².